The highest BCUT2D eigenvalue weighted by Crippen LogP contribution is 2.39. The Labute approximate surface area is 132 Å². The number of halogens is 1. The molecule has 1 aromatic carbocycles. The summed E-state index contributed by atoms with van der Waals surface area (Å²) in [6, 6.07) is 3.69. The summed E-state index contributed by atoms with van der Waals surface area (Å²) in [6.45, 7) is 5.69. The fourth-order valence-electron chi connectivity index (χ4n) is 1.87. The summed E-state index contributed by atoms with van der Waals surface area (Å²) < 4.78 is 17.0. The fraction of sp³-hybridized carbons (Fsp3) is 0.400. The molecular weight excluding hydrogens is 338 g/mol. The standard InChI is InChI=1S/C15H18BrNO4/c1-15(2,3)21-14(18)17-9-7-10-11(16)5-6-12(19-4)13(10)20-8-9/h5-7H,8H2,1-4H3,(H,17,18). The van der Waals surface area contributed by atoms with E-state index in [-0.39, 0.29) is 6.61 Å². The lowest BCUT2D eigenvalue weighted by Crippen LogP contribution is -2.34. The van der Waals surface area contributed by atoms with Crippen molar-refractivity contribution in [1.82, 2.24) is 5.32 Å². The number of benzene rings is 1. The Kier molecular flexibility index (Phi) is 4.46. The van der Waals surface area contributed by atoms with Gasteiger partial charge in [0.05, 0.1) is 12.8 Å². The third-order valence-corrected chi connectivity index (χ3v) is 3.37. The molecule has 0 aromatic heterocycles. The van der Waals surface area contributed by atoms with Crippen LogP contribution >= 0.6 is 15.9 Å². The van der Waals surface area contributed by atoms with Crippen molar-refractivity contribution in [3.05, 3.63) is 27.9 Å². The first-order chi connectivity index (χ1) is 9.80. The van der Waals surface area contributed by atoms with Crippen LogP contribution in [0.15, 0.2) is 22.3 Å². The van der Waals surface area contributed by atoms with Crippen molar-refractivity contribution in [2.24, 2.45) is 0 Å². The Morgan fingerprint density at radius 3 is 2.71 bits per heavy atom. The van der Waals surface area contributed by atoms with Crippen LogP contribution in [0.25, 0.3) is 6.08 Å². The molecule has 1 amide bonds. The van der Waals surface area contributed by atoms with Crippen molar-refractivity contribution in [2.45, 2.75) is 26.4 Å². The minimum atomic E-state index is -0.540. The van der Waals surface area contributed by atoms with E-state index in [1.165, 1.54) is 0 Å². The first kappa shape index (κ1) is 15.7. The number of methoxy groups -OCH3 is 1. The summed E-state index contributed by atoms with van der Waals surface area (Å²) in [5.41, 5.74) is 0.916. The van der Waals surface area contributed by atoms with E-state index in [9.17, 15) is 4.79 Å². The number of nitrogens with one attached hydrogen (secondary N) is 1. The monoisotopic (exact) mass is 355 g/mol. The second-order valence-electron chi connectivity index (χ2n) is 5.58. The van der Waals surface area contributed by atoms with Gasteiger partial charge < -0.3 is 14.2 Å². The van der Waals surface area contributed by atoms with Crippen LogP contribution in [0.5, 0.6) is 11.5 Å². The highest BCUT2D eigenvalue weighted by atomic mass is 79.9. The maximum Gasteiger partial charge on any atom is 0.412 e. The summed E-state index contributed by atoms with van der Waals surface area (Å²) in [7, 11) is 1.59. The number of hydrogen-bond donors (Lipinski definition) is 1. The Morgan fingerprint density at radius 1 is 1.38 bits per heavy atom. The van der Waals surface area contributed by atoms with Crippen LogP contribution in [0, 0.1) is 0 Å². The van der Waals surface area contributed by atoms with E-state index in [2.05, 4.69) is 21.2 Å². The molecule has 1 aliphatic rings. The third kappa shape index (κ3) is 3.91. The molecule has 0 atom stereocenters. The van der Waals surface area contributed by atoms with Gasteiger partial charge in [0.15, 0.2) is 11.5 Å². The number of fused-ring (bicyclic) bond motifs is 1. The molecule has 1 aliphatic heterocycles. The molecule has 1 aromatic rings. The van der Waals surface area contributed by atoms with Crippen molar-refractivity contribution in [1.29, 1.82) is 0 Å². The average molecular weight is 356 g/mol. The van der Waals surface area contributed by atoms with Gasteiger partial charge in [0.2, 0.25) is 0 Å². The van der Waals surface area contributed by atoms with Crippen LogP contribution in [-0.4, -0.2) is 25.4 Å². The van der Waals surface area contributed by atoms with E-state index in [1.54, 1.807) is 7.11 Å². The van der Waals surface area contributed by atoms with Gasteiger partial charge in [0.1, 0.15) is 12.2 Å². The highest BCUT2D eigenvalue weighted by Gasteiger charge is 2.22. The molecule has 1 heterocycles. The second kappa shape index (κ2) is 5.97. The number of amides is 1. The molecule has 0 spiro atoms. The molecule has 0 bridgehead atoms. The van der Waals surface area contributed by atoms with Gasteiger partial charge in [0.25, 0.3) is 0 Å². The van der Waals surface area contributed by atoms with Crippen LogP contribution in [0.3, 0.4) is 0 Å². The number of hydrogen-bond acceptors (Lipinski definition) is 4. The van der Waals surface area contributed by atoms with E-state index >= 15 is 0 Å². The molecule has 2 rings (SSSR count). The number of carbonyl (C=O) groups is 1. The Hall–Kier alpha value is -1.69. The number of ether oxygens (including phenoxy) is 3. The molecule has 6 heteroatoms. The van der Waals surface area contributed by atoms with Crippen molar-refractivity contribution in [3.8, 4) is 11.5 Å². The molecular formula is C15H18BrNO4. The Balaban J connectivity index is 2.20. The number of rotatable bonds is 2. The summed E-state index contributed by atoms with van der Waals surface area (Å²) in [6.07, 6.45) is 1.34. The van der Waals surface area contributed by atoms with Gasteiger partial charge in [-0.1, -0.05) is 15.9 Å². The molecule has 5 nitrogen and oxygen atoms in total. The molecule has 1 N–H and O–H groups in total. The molecule has 0 aliphatic carbocycles. The fourth-order valence-corrected chi connectivity index (χ4v) is 2.30. The molecule has 0 unspecified atom stereocenters. The van der Waals surface area contributed by atoms with E-state index in [1.807, 2.05) is 39.0 Å². The SMILES string of the molecule is COc1ccc(Br)c2c1OCC(NC(=O)OC(C)(C)C)=C2. The summed E-state index contributed by atoms with van der Waals surface area (Å²) in [5, 5.41) is 2.69. The normalized spacial score (nSPS) is 13.7. The lowest BCUT2D eigenvalue weighted by molar-refractivity contribution is 0.0540. The minimum absolute atomic E-state index is 0.249. The maximum absolute atomic E-state index is 11.8. The van der Waals surface area contributed by atoms with E-state index in [0.29, 0.717) is 17.2 Å². The molecule has 0 saturated carbocycles. The van der Waals surface area contributed by atoms with Crippen LogP contribution < -0.4 is 14.8 Å². The molecule has 0 saturated heterocycles. The van der Waals surface area contributed by atoms with E-state index in [4.69, 9.17) is 14.2 Å². The molecule has 0 fully saturated rings. The van der Waals surface area contributed by atoms with Crippen molar-refractivity contribution in [2.75, 3.05) is 13.7 Å². The zero-order chi connectivity index (χ0) is 15.6. The Bertz CT molecular complexity index is 590. The lowest BCUT2D eigenvalue weighted by atomic mass is 10.1. The van der Waals surface area contributed by atoms with Crippen molar-refractivity contribution in [3.63, 3.8) is 0 Å². The maximum atomic E-state index is 11.8. The quantitative estimate of drug-likeness (QED) is 0.878. The smallest absolute Gasteiger partial charge is 0.412 e. The Morgan fingerprint density at radius 2 is 2.10 bits per heavy atom. The zero-order valence-corrected chi connectivity index (χ0v) is 14.0. The number of carbonyl (C=O) groups excluding carboxylic acids is 1. The van der Waals surface area contributed by atoms with Crippen molar-refractivity contribution >= 4 is 28.1 Å². The van der Waals surface area contributed by atoms with Crippen LogP contribution in [0.2, 0.25) is 0 Å². The molecule has 21 heavy (non-hydrogen) atoms. The van der Waals surface area contributed by atoms with E-state index in [0.717, 1.165) is 10.0 Å². The highest BCUT2D eigenvalue weighted by molar-refractivity contribution is 9.10. The zero-order valence-electron chi connectivity index (χ0n) is 12.5. The van der Waals surface area contributed by atoms with Gasteiger partial charge in [-0.3, -0.25) is 5.32 Å². The largest absolute Gasteiger partial charge is 0.493 e. The van der Waals surface area contributed by atoms with Crippen LogP contribution in [0.4, 0.5) is 4.79 Å². The van der Waals surface area contributed by atoms with E-state index < -0.39 is 11.7 Å². The van der Waals surface area contributed by atoms with Gasteiger partial charge in [0, 0.05) is 10.0 Å². The molecule has 114 valence electrons. The predicted molar refractivity (Wildman–Crippen MR) is 83.5 cm³/mol. The van der Waals surface area contributed by atoms with Gasteiger partial charge in [-0.15, -0.1) is 0 Å². The van der Waals surface area contributed by atoms with Crippen molar-refractivity contribution < 1.29 is 19.0 Å². The predicted octanol–water partition coefficient (Wildman–Crippen LogP) is 3.72. The minimum Gasteiger partial charge on any atom is -0.493 e. The second-order valence-corrected chi connectivity index (χ2v) is 6.43. The van der Waals surface area contributed by atoms with Gasteiger partial charge in [-0.2, -0.15) is 0 Å². The first-order valence-corrected chi connectivity index (χ1v) is 7.29. The number of alkyl carbamates (subject to hydrolysis) is 1. The van der Waals surface area contributed by atoms with Gasteiger partial charge in [-0.05, 0) is 39.0 Å². The average Bonchev–Trinajstić information content (AvgIpc) is 2.37. The first-order valence-electron chi connectivity index (χ1n) is 6.50. The topological polar surface area (TPSA) is 56.8 Å². The van der Waals surface area contributed by atoms with Gasteiger partial charge >= 0.3 is 6.09 Å². The van der Waals surface area contributed by atoms with Crippen LogP contribution in [0.1, 0.15) is 26.3 Å². The van der Waals surface area contributed by atoms with Crippen LogP contribution in [-0.2, 0) is 4.74 Å². The summed E-state index contributed by atoms with van der Waals surface area (Å²) in [4.78, 5) is 11.8. The lowest BCUT2D eigenvalue weighted by Gasteiger charge is -2.23. The van der Waals surface area contributed by atoms with Gasteiger partial charge in [-0.25, -0.2) is 4.79 Å². The third-order valence-electron chi connectivity index (χ3n) is 2.68. The molecule has 0 radical (unpaired) electrons. The summed E-state index contributed by atoms with van der Waals surface area (Å²) in [5.74, 6) is 1.31. The summed E-state index contributed by atoms with van der Waals surface area (Å²) >= 11 is 3.46.